The number of rotatable bonds is 1. The molecule has 0 aromatic heterocycles. The van der Waals surface area contributed by atoms with Gasteiger partial charge >= 0.3 is 0 Å². The molecule has 0 saturated carbocycles. The molecule has 0 spiro atoms. The van der Waals surface area contributed by atoms with Crippen LogP contribution >= 0.6 is 0 Å². The molecular formula is C14H21N. The van der Waals surface area contributed by atoms with Crippen LogP contribution in [0.15, 0.2) is 30.3 Å². The van der Waals surface area contributed by atoms with E-state index in [9.17, 15) is 0 Å². The molecule has 15 heavy (non-hydrogen) atoms. The van der Waals surface area contributed by atoms with Crippen LogP contribution in [-0.2, 0) is 0 Å². The van der Waals surface area contributed by atoms with Gasteiger partial charge in [-0.2, -0.15) is 0 Å². The van der Waals surface area contributed by atoms with Crippen LogP contribution in [0.4, 0.5) is 5.69 Å². The van der Waals surface area contributed by atoms with Crippen molar-refractivity contribution in [2.24, 2.45) is 0 Å². The van der Waals surface area contributed by atoms with Gasteiger partial charge in [0.05, 0.1) is 0 Å². The number of anilines is 1. The van der Waals surface area contributed by atoms with E-state index < -0.39 is 0 Å². The zero-order valence-electron chi connectivity index (χ0n) is 9.79. The molecule has 0 atom stereocenters. The highest BCUT2D eigenvalue weighted by Crippen LogP contribution is 2.26. The molecule has 0 bridgehead atoms. The normalized spacial score (nSPS) is 14.9. The third-order valence-electron chi connectivity index (χ3n) is 2.57. The van der Waals surface area contributed by atoms with Gasteiger partial charge in [0.15, 0.2) is 0 Å². The Kier molecular flexibility index (Phi) is 4.96. The van der Waals surface area contributed by atoms with Gasteiger partial charge in [0.25, 0.3) is 0 Å². The van der Waals surface area contributed by atoms with Crippen molar-refractivity contribution in [3.63, 3.8) is 0 Å². The van der Waals surface area contributed by atoms with Crippen molar-refractivity contribution in [1.82, 2.24) is 0 Å². The molecule has 2 rings (SSSR count). The molecule has 1 aromatic rings. The van der Waals surface area contributed by atoms with E-state index in [4.69, 9.17) is 5.73 Å². The van der Waals surface area contributed by atoms with Crippen molar-refractivity contribution in [2.75, 3.05) is 5.73 Å². The topological polar surface area (TPSA) is 26.0 Å². The Morgan fingerprint density at radius 1 is 1.00 bits per heavy atom. The molecular weight excluding hydrogens is 182 g/mol. The van der Waals surface area contributed by atoms with Gasteiger partial charge < -0.3 is 5.73 Å². The molecule has 0 unspecified atom stereocenters. The smallest absolute Gasteiger partial charge is 0.0314 e. The van der Waals surface area contributed by atoms with Gasteiger partial charge in [0.1, 0.15) is 0 Å². The second-order valence-corrected chi connectivity index (χ2v) is 3.60. The van der Waals surface area contributed by atoms with E-state index in [0.29, 0.717) is 0 Å². The van der Waals surface area contributed by atoms with E-state index in [1.807, 2.05) is 26.0 Å². The van der Waals surface area contributed by atoms with Gasteiger partial charge in [-0.25, -0.2) is 0 Å². The van der Waals surface area contributed by atoms with E-state index in [0.717, 1.165) is 5.69 Å². The fraction of sp³-hybridized carbons (Fsp3) is 0.429. The Hall–Kier alpha value is -1.24. The Bertz CT molecular complexity index is 309. The summed E-state index contributed by atoms with van der Waals surface area (Å²) < 4.78 is 0. The zero-order valence-corrected chi connectivity index (χ0v) is 9.79. The molecule has 0 aliphatic heterocycles. The van der Waals surface area contributed by atoms with Crippen LogP contribution in [-0.4, -0.2) is 0 Å². The minimum absolute atomic E-state index is 0.847. The van der Waals surface area contributed by atoms with Crippen LogP contribution < -0.4 is 5.73 Å². The maximum atomic E-state index is 5.64. The number of hydrogen-bond donors (Lipinski definition) is 1. The summed E-state index contributed by atoms with van der Waals surface area (Å²) in [5.74, 6) is 0. The molecule has 1 nitrogen and oxygen atoms in total. The zero-order chi connectivity index (χ0) is 11.1. The summed E-state index contributed by atoms with van der Waals surface area (Å²) in [6.07, 6.45) is 7.49. The van der Waals surface area contributed by atoms with Gasteiger partial charge in [0.2, 0.25) is 0 Å². The van der Waals surface area contributed by atoms with E-state index in [2.05, 4.69) is 18.2 Å². The van der Waals surface area contributed by atoms with Gasteiger partial charge in [0, 0.05) is 5.69 Å². The van der Waals surface area contributed by atoms with Crippen LogP contribution in [0.5, 0.6) is 0 Å². The SMILES string of the molecule is CC.Nc1ccc(C2=CCCCC2)cc1. The fourth-order valence-corrected chi connectivity index (χ4v) is 1.80. The Morgan fingerprint density at radius 3 is 2.20 bits per heavy atom. The van der Waals surface area contributed by atoms with Crippen molar-refractivity contribution in [3.8, 4) is 0 Å². The molecule has 82 valence electrons. The maximum absolute atomic E-state index is 5.64. The largest absolute Gasteiger partial charge is 0.399 e. The first-order chi connectivity index (χ1) is 7.36. The molecule has 1 aliphatic carbocycles. The third-order valence-corrected chi connectivity index (χ3v) is 2.57. The monoisotopic (exact) mass is 203 g/mol. The third kappa shape index (κ3) is 3.43. The standard InChI is InChI=1S/C12H15N.C2H6/c13-12-8-6-11(7-9-12)10-4-2-1-3-5-10;1-2/h4,6-9H,1-3,5,13H2;1-2H3. The first-order valence-corrected chi connectivity index (χ1v) is 5.91. The molecule has 0 fully saturated rings. The van der Waals surface area contributed by atoms with Crippen LogP contribution in [0.1, 0.15) is 45.1 Å². The number of hydrogen-bond acceptors (Lipinski definition) is 1. The quantitative estimate of drug-likeness (QED) is 0.678. The summed E-state index contributed by atoms with van der Waals surface area (Å²) in [7, 11) is 0. The predicted octanol–water partition coefficient (Wildman–Crippen LogP) is 4.25. The van der Waals surface area contributed by atoms with E-state index in [-0.39, 0.29) is 0 Å². The molecule has 0 radical (unpaired) electrons. The number of benzene rings is 1. The molecule has 1 aromatic carbocycles. The highest BCUT2D eigenvalue weighted by Gasteiger charge is 2.04. The first kappa shape index (κ1) is 11.8. The summed E-state index contributed by atoms with van der Waals surface area (Å²) in [5.41, 5.74) is 9.32. The first-order valence-electron chi connectivity index (χ1n) is 5.91. The van der Waals surface area contributed by atoms with E-state index >= 15 is 0 Å². The fourth-order valence-electron chi connectivity index (χ4n) is 1.80. The van der Waals surface area contributed by atoms with Gasteiger partial charge in [-0.3, -0.25) is 0 Å². The van der Waals surface area contributed by atoms with Gasteiger partial charge in [-0.05, 0) is 49.0 Å². The Balaban J connectivity index is 0.000000531. The number of allylic oxidation sites excluding steroid dienone is 2. The lowest BCUT2D eigenvalue weighted by molar-refractivity contribution is 0.742. The molecule has 1 heteroatoms. The van der Waals surface area contributed by atoms with Crippen molar-refractivity contribution >= 4 is 11.3 Å². The number of nitrogens with two attached hydrogens (primary N) is 1. The van der Waals surface area contributed by atoms with Crippen LogP contribution in [0.25, 0.3) is 5.57 Å². The molecule has 1 aliphatic rings. The van der Waals surface area contributed by atoms with Crippen molar-refractivity contribution < 1.29 is 0 Å². The average molecular weight is 203 g/mol. The average Bonchev–Trinajstić information content (AvgIpc) is 2.34. The summed E-state index contributed by atoms with van der Waals surface area (Å²) >= 11 is 0. The summed E-state index contributed by atoms with van der Waals surface area (Å²) in [5, 5.41) is 0. The summed E-state index contributed by atoms with van der Waals surface area (Å²) in [4.78, 5) is 0. The predicted molar refractivity (Wildman–Crippen MR) is 68.6 cm³/mol. The molecule has 0 saturated heterocycles. The number of nitrogen functional groups attached to an aromatic ring is 1. The summed E-state index contributed by atoms with van der Waals surface area (Å²) in [6.45, 7) is 4.00. The van der Waals surface area contributed by atoms with Crippen LogP contribution in [0.2, 0.25) is 0 Å². The van der Waals surface area contributed by atoms with E-state index in [1.165, 1.54) is 36.8 Å². The highest BCUT2D eigenvalue weighted by molar-refractivity contribution is 5.67. The lowest BCUT2D eigenvalue weighted by Gasteiger charge is -2.12. The minimum atomic E-state index is 0.847. The van der Waals surface area contributed by atoms with Gasteiger partial charge in [-0.1, -0.05) is 32.1 Å². The Morgan fingerprint density at radius 2 is 1.67 bits per heavy atom. The van der Waals surface area contributed by atoms with Crippen molar-refractivity contribution in [1.29, 1.82) is 0 Å². The van der Waals surface area contributed by atoms with Crippen molar-refractivity contribution in [2.45, 2.75) is 39.5 Å². The second-order valence-electron chi connectivity index (χ2n) is 3.60. The Labute approximate surface area is 93.0 Å². The lowest BCUT2D eigenvalue weighted by Crippen LogP contribution is -1.92. The molecule has 0 heterocycles. The molecule has 0 amide bonds. The van der Waals surface area contributed by atoms with Crippen LogP contribution in [0, 0.1) is 0 Å². The van der Waals surface area contributed by atoms with Crippen LogP contribution in [0.3, 0.4) is 0 Å². The van der Waals surface area contributed by atoms with Crippen molar-refractivity contribution in [3.05, 3.63) is 35.9 Å². The molecule has 2 N–H and O–H groups in total. The van der Waals surface area contributed by atoms with Gasteiger partial charge in [-0.15, -0.1) is 0 Å². The lowest BCUT2D eigenvalue weighted by atomic mass is 9.94. The van der Waals surface area contributed by atoms with E-state index in [1.54, 1.807) is 0 Å². The summed E-state index contributed by atoms with van der Waals surface area (Å²) in [6, 6.07) is 8.19. The highest BCUT2D eigenvalue weighted by atomic mass is 14.5. The maximum Gasteiger partial charge on any atom is 0.0314 e. The minimum Gasteiger partial charge on any atom is -0.399 e. The second kappa shape index (κ2) is 6.28.